The molecule has 0 aromatic carbocycles. The average molecular weight is 225 g/mol. The van der Waals surface area contributed by atoms with Crippen LogP contribution in [0.15, 0.2) is 0 Å². The summed E-state index contributed by atoms with van der Waals surface area (Å²) in [6.45, 7) is 2.70. The number of nitrogens with zero attached hydrogens (tertiary/aromatic N) is 1. The first-order valence-corrected chi connectivity index (χ1v) is 6.18. The van der Waals surface area contributed by atoms with Crippen LogP contribution in [-0.4, -0.2) is 34.5 Å². The van der Waals surface area contributed by atoms with Crippen LogP contribution in [0.4, 0.5) is 0 Å². The number of hydrogen-bond acceptors (Lipinski definition) is 2. The first kappa shape index (κ1) is 11.4. The molecule has 16 heavy (non-hydrogen) atoms. The molecule has 1 amide bonds. The third-order valence-electron chi connectivity index (χ3n) is 3.81. The molecule has 2 aliphatic carbocycles. The fraction of sp³-hybridized carbons (Fsp3) is 0.833. The van der Waals surface area contributed by atoms with Gasteiger partial charge in [-0.25, -0.2) is 0 Å². The molecule has 0 aliphatic heterocycles. The second-order valence-electron chi connectivity index (χ2n) is 4.85. The molecular weight excluding hydrogens is 206 g/mol. The van der Waals surface area contributed by atoms with Crippen LogP contribution in [0, 0.1) is 11.8 Å². The molecule has 2 aliphatic rings. The van der Waals surface area contributed by atoms with Crippen LogP contribution in [-0.2, 0) is 9.59 Å². The predicted octanol–water partition coefficient (Wildman–Crippen LogP) is 1.50. The van der Waals surface area contributed by atoms with E-state index >= 15 is 0 Å². The summed E-state index contributed by atoms with van der Waals surface area (Å²) in [5.41, 5.74) is 0. The number of carboxylic acids is 1. The Labute approximate surface area is 95.6 Å². The van der Waals surface area contributed by atoms with E-state index in [2.05, 4.69) is 0 Å². The Morgan fingerprint density at radius 1 is 1.25 bits per heavy atom. The molecule has 0 heterocycles. The Kier molecular flexibility index (Phi) is 3.17. The van der Waals surface area contributed by atoms with E-state index in [-0.39, 0.29) is 11.8 Å². The molecule has 0 spiro atoms. The van der Waals surface area contributed by atoms with Crippen LogP contribution < -0.4 is 0 Å². The highest BCUT2D eigenvalue weighted by molar-refractivity contribution is 5.89. The molecule has 0 aromatic heterocycles. The third-order valence-corrected chi connectivity index (χ3v) is 3.81. The van der Waals surface area contributed by atoms with Gasteiger partial charge in [-0.15, -0.1) is 0 Å². The molecular formula is C12H19NO3. The normalized spacial score (nSPS) is 29.1. The number of aliphatic carboxylic acids is 1. The Balaban J connectivity index is 1.94. The molecule has 0 aromatic rings. The Morgan fingerprint density at radius 3 is 2.31 bits per heavy atom. The quantitative estimate of drug-likeness (QED) is 0.788. The van der Waals surface area contributed by atoms with E-state index in [1.165, 1.54) is 12.8 Å². The first-order valence-electron chi connectivity index (χ1n) is 6.18. The van der Waals surface area contributed by atoms with Gasteiger partial charge in [0.15, 0.2) is 0 Å². The highest BCUT2D eigenvalue weighted by Crippen LogP contribution is 2.41. The van der Waals surface area contributed by atoms with Crippen LogP contribution >= 0.6 is 0 Å². The van der Waals surface area contributed by atoms with Gasteiger partial charge < -0.3 is 10.0 Å². The summed E-state index contributed by atoms with van der Waals surface area (Å²) in [6, 6.07) is 0.368. The minimum atomic E-state index is -0.819. The summed E-state index contributed by atoms with van der Waals surface area (Å²) < 4.78 is 0. The van der Waals surface area contributed by atoms with Gasteiger partial charge >= 0.3 is 5.97 Å². The van der Waals surface area contributed by atoms with E-state index in [1.807, 2.05) is 11.8 Å². The smallest absolute Gasteiger partial charge is 0.307 e. The van der Waals surface area contributed by atoms with Gasteiger partial charge in [0, 0.05) is 12.6 Å². The lowest BCUT2D eigenvalue weighted by molar-refractivity contribution is -0.142. The number of carbonyl (C=O) groups excluding carboxylic acids is 1. The molecule has 2 unspecified atom stereocenters. The zero-order chi connectivity index (χ0) is 11.7. The molecule has 4 nitrogen and oxygen atoms in total. The Bertz CT molecular complexity index is 297. The van der Waals surface area contributed by atoms with Gasteiger partial charge in [-0.05, 0) is 26.2 Å². The van der Waals surface area contributed by atoms with Crippen molar-refractivity contribution in [2.45, 2.75) is 45.1 Å². The largest absolute Gasteiger partial charge is 0.481 e. The highest BCUT2D eigenvalue weighted by atomic mass is 16.4. The van der Waals surface area contributed by atoms with E-state index in [4.69, 9.17) is 5.11 Å². The second-order valence-corrected chi connectivity index (χ2v) is 4.85. The lowest BCUT2D eigenvalue weighted by atomic mass is 10.1. The highest BCUT2D eigenvalue weighted by Gasteiger charge is 2.50. The van der Waals surface area contributed by atoms with Crippen molar-refractivity contribution in [1.29, 1.82) is 0 Å². The number of hydrogen-bond donors (Lipinski definition) is 1. The van der Waals surface area contributed by atoms with Gasteiger partial charge in [0.2, 0.25) is 5.91 Å². The summed E-state index contributed by atoms with van der Waals surface area (Å²) in [5.74, 6) is -1.40. The summed E-state index contributed by atoms with van der Waals surface area (Å²) in [7, 11) is 0. The molecule has 0 bridgehead atoms. The molecule has 0 saturated heterocycles. The van der Waals surface area contributed by atoms with E-state index in [0.29, 0.717) is 19.0 Å². The second kappa shape index (κ2) is 4.44. The van der Waals surface area contributed by atoms with Gasteiger partial charge in [0.1, 0.15) is 0 Å². The molecule has 2 atom stereocenters. The van der Waals surface area contributed by atoms with E-state index in [9.17, 15) is 9.59 Å². The monoisotopic (exact) mass is 225 g/mol. The number of amides is 1. The predicted molar refractivity (Wildman–Crippen MR) is 58.9 cm³/mol. The Hall–Kier alpha value is -1.06. The van der Waals surface area contributed by atoms with Crippen molar-refractivity contribution in [3.05, 3.63) is 0 Å². The minimum Gasteiger partial charge on any atom is -0.481 e. The zero-order valence-electron chi connectivity index (χ0n) is 9.69. The lowest BCUT2D eigenvalue weighted by Crippen LogP contribution is -2.40. The molecule has 2 fully saturated rings. The van der Waals surface area contributed by atoms with Gasteiger partial charge in [-0.1, -0.05) is 12.8 Å². The maximum atomic E-state index is 12.1. The summed E-state index contributed by atoms with van der Waals surface area (Å²) >= 11 is 0. The van der Waals surface area contributed by atoms with Gasteiger partial charge in [0.25, 0.3) is 0 Å². The summed E-state index contributed by atoms with van der Waals surface area (Å²) in [5, 5.41) is 8.82. The summed E-state index contributed by atoms with van der Waals surface area (Å²) in [6.07, 6.45) is 5.11. The maximum absolute atomic E-state index is 12.1. The molecule has 0 radical (unpaired) electrons. The molecule has 2 saturated carbocycles. The van der Waals surface area contributed by atoms with Gasteiger partial charge in [-0.2, -0.15) is 0 Å². The third kappa shape index (κ3) is 2.06. The Morgan fingerprint density at radius 2 is 1.88 bits per heavy atom. The first-order chi connectivity index (χ1) is 7.65. The fourth-order valence-corrected chi connectivity index (χ4v) is 2.76. The minimum absolute atomic E-state index is 0.0711. The zero-order valence-corrected chi connectivity index (χ0v) is 9.69. The van der Waals surface area contributed by atoms with Crippen LogP contribution in [0.2, 0.25) is 0 Å². The maximum Gasteiger partial charge on any atom is 0.307 e. The SMILES string of the molecule is CCN(C(=O)C1CC1C(=O)O)C1CCCC1. The molecule has 90 valence electrons. The van der Waals surface area contributed by atoms with Crippen LogP contribution in [0.3, 0.4) is 0 Å². The van der Waals surface area contributed by atoms with Crippen molar-refractivity contribution < 1.29 is 14.7 Å². The summed E-state index contributed by atoms with van der Waals surface area (Å²) in [4.78, 5) is 24.7. The van der Waals surface area contributed by atoms with Crippen molar-refractivity contribution in [3.63, 3.8) is 0 Å². The van der Waals surface area contributed by atoms with Crippen LogP contribution in [0.25, 0.3) is 0 Å². The lowest BCUT2D eigenvalue weighted by Gasteiger charge is -2.27. The van der Waals surface area contributed by atoms with Crippen molar-refractivity contribution >= 4 is 11.9 Å². The van der Waals surface area contributed by atoms with Crippen molar-refractivity contribution in [3.8, 4) is 0 Å². The molecule has 4 heteroatoms. The fourth-order valence-electron chi connectivity index (χ4n) is 2.76. The molecule has 2 rings (SSSR count). The van der Waals surface area contributed by atoms with E-state index < -0.39 is 11.9 Å². The topological polar surface area (TPSA) is 57.6 Å². The molecule has 1 N–H and O–H groups in total. The van der Waals surface area contributed by atoms with Gasteiger partial charge in [0.05, 0.1) is 11.8 Å². The standard InChI is InChI=1S/C12H19NO3/c1-2-13(8-5-3-4-6-8)11(14)9-7-10(9)12(15)16/h8-10H,2-7H2,1H3,(H,15,16). The van der Waals surface area contributed by atoms with E-state index in [1.54, 1.807) is 0 Å². The number of carboxylic acid groups (broad SMARTS) is 1. The van der Waals surface area contributed by atoms with E-state index in [0.717, 1.165) is 12.8 Å². The van der Waals surface area contributed by atoms with Crippen molar-refractivity contribution in [2.75, 3.05) is 6.54 Å². The van der Waals surface area contributed by atoms with Crippen LogP contribution in [0.5, 0.6) is 0 Å². The number of rotatable bonds is 4. The van der Waals surface area contributed by atoms with Gasteiger partial charge in [-0.3, -0.25) is 9.59 Å². The average Bonchev–Trinajstić information content (AvgIpc) is 2.90. The van der Waals surface area contributed by atoms with Crippen molar-refractivity contribution in [2.24, 2.45) is 11.8 Å². The number of carbonyl (C=O) groups is 2. The van der Waals surface area contributed by atoms with Crippen LogP contribution in [0.1, 0.15) is 39.0 Å². The van der Waals surface area contributed by atoms with Crippen molar-refractivity contribution in [1.82, 2.24) is 4.90 Å².